The van der Waals surface area contributed by atoms with Gasteiger partial charge in [-0.15, -0.1) is 0 Å². The van der Waals surface area contributed by atoms with Crippen LogP contribution in [0.2, 0.25) is 0 Å². The Bertz CT molecular complexity index is 1080. The number of nitrogen functional groups attached to an aromatic ring is 1. The molecule has 2 aromatic rings. The maximum absolute atomic E-state index is 12.3. The predicted octanol–water partition coefficient (Wildman–Crippen LogP) is 3.90. The molecule has 1 saturated heterocycles. The normalized spacial score (nSPS) is 17.2. The molecule has 0 spiro atoms. The molecule has 2 heterocycles. The van der Waals surface area contributed by atoms with E-state index in [0.717, 1.165) is 42.0 Å². The van der Waals surface area contributed by atoms with Crippen LogP contribution < -0.4 is 15.4 Å². The molecule has 35 heavy (non-hydrogen) atoms. The topological polar surface area (TPSA) is 112 Å². The van der Waals surface area contributed by atoms with Gasteiger partial charge in [0.2, 0.25) is 5.91 Å². The van der Waals surface area contributed by atoms with E-state index < -0.39 is 12.1 Å². The van der Waals surface area contributed by atoms with Gasteiger partial charge in [-0.05, 0) is 56.0 Å². The summed E-state index contributed by atoms with van der Waals surface area (Å²) in [5.74, 6) is -1.93. The van der Waals surface area contributed by atoms with Crippen LogP contribution in [0.15, 0.2) is 29.2 Å². The standard InChI is InChI=1S/C21H29N5OS.C2HF3O2/c1-14(2)20(27)26-10-8-25(9-11-26)18-13-15(28-24-21(3)6-7-21)12-17-16(18)4-5-19(22)23-17;3-2(4,5)1(6)7/h4-5,12-14,24H,6-11H2,1-3H3,(H2,22,23);(H,6,7). The van der Waals surface area contributed by atoms with Crippen molar-refractivity contribution in [2.75, 3.05) is 36.8 Å². The number of amides is 1. The van der Waals surface area contributed by atoms with Gasteiger partial charge in [-0.25, -0.2) is 9.78 Å². The average Bonchev–Trinajstić information content (AvgIpc) is 3.53. The zero-order valence-electron chi connectivity index (χ0n) is 19.9. The van der Waals surface area contributed by atoms with Gasteiger partial charge >= 0.3 is 12.1 Å². The summed E-state index contributed by atoms with van der Waals surface area (Å²) in [5, 5.41) is 8.24. The first-order chi connectivity index (χ1) is 16.3. The highest BCUT2D eigenvalue weighted by molar-refractivity contribution is 7.97. The number of aromatic nitrogens is 1. The minimum absolute atomic E-state index is 0.0501. The largest absolute Gasteiger partial charge is 0.490 e. The number of pyridine rings is 1. The number of piperazine rings is 1. The second kappa shape index (κ2) is 10.5. The number of nitrogens with zero attached hydrogens (tertiary/aromatic N) is 3. The molecule has 4 N–H and O–H groups in total. The minimum atomic E-state index is -5.08. The molecule has 1 amide bonds. The first kappa shape index (κ1) is 26.9. The van der Waals surface area contributed by atoms with Crippen LogP contribution in [-0.4, -0.2) is 64.8 Å². The molecule has 0 atom stereocenters. The average molecular weight is 514 g/mol. The van der Waals surface area contributed by atoms with Crippen LogP contribution >= 0.6 is 11.9 Å². The molecule has 0 radical (unpaired) electrons. The van der Waals surface area contributed by atoms with Crippen LogP contribution in [0.1, 0.15) is 33.6 Å². The molecule has 8 nitrogen and oxygen atoms in total. The second-order valence-electron chi connectivity index (χ2n) is 9.28. The lowest BCUT2D eigenvalue weighted by Gasteiger charge is -2.37. The lowest BCUT2D eigenvalue weighted by atomic mass is 10.1. The van der Waals surface area contributed by atoms with Crippen molar-refractivity contribution in [1.29, 1.82) is 0 Å². The number of hydrogen-bond acceptors (Lipinski definition) is 7. The molecule has 2 aliphatic rings. The van der Waals surface area contributed by atoms with Crippen molar-refractivity contribution in [1.82, 2.24) is 14.6 Å². The Balaban J connectivity index is 0.000000429. The predicted molar refractivity (Wildman–Crippen MR) is 130 cm³/mol. The number of nitrogens with one attached hydrogen (secondary N) is 1. The molecule has 1 aromatic heterocycles. The van der Waals surface area contributed by atoms with Gasteiger partial charge in [0.05, 0.1) is 5.52 Å². The molecule has 192 valence electrons. The van der Waals surface area contributed by atoms with Crippen LogP contribution in [0.4, 0.5) is 24.7 Å². The third-order valence-corrected chi connectivity index (χ3v) is 6.93. The van der Waals surface area contributed by atoms with E-state index in [2.05, 4.69) is 39.7 Å². The maximum Gasteiger partial charge on any atom is 0.490 e. The van der Waals surface area contributed by atoms with Crippen molar-refractivity contribution in [3.05, 3.63) is 24.3 Å². The fourth-order valence-electron chi connectivity index (χ4n) is 3.53. The lowest BCUT2D eigenvalue weighted by Crippen LogP contribution is -2.50. The lowest BCUT2D eigenvalue weighted by molar-refractivity contribution is -0.192. The van der Waals surface area contributed by atoms with E-state index in [1.807, 2.05) is 24.8 Å². The Kier molecular flexibility index (Phi) is 8.05. The quantitative estimate of drug-likeness (QED) is 0.516. The van der Waals surface area contributed by atoms with Crippen LogP contribution in [0.5, 0.6) is 0 Å². The van der Waals surface area contributed by atoms with Crippen molar-refractivity contribution < 1.29 is 27.9 Å². The summed E-state index contributed by atoms with van der Waals surface area (Å²) in [6.45, 7) is 9.36. The number of fused-ring (bicyclic) bond motifs is 1. The number of rotatable bonds is 5. The summed E-state index contributed by atoms with van der Waals surface area (Å²) < 4.78 is 35.3. The van der Waals surface area contributed by atoms with Gasteiger partial charge in [0, 0.05) is 53.6 Å². The fraction of sp³-hybridized carbons (Fsp3) is 0.522. The second-order valence-corrected chi connectivity index (χ2v) is 10.2. The molecule has 1 aliphatic carbocycles. The van der Waals surface area contributed by atoms with Gasteiger partial charge in [0.25, 0.3) is 0 Å². The highest BCUT2D eigenvalue weighted by atomic mass is 32.2. The van der Waals surface area contributed by atoms with E-state index in [1.165, 1.54) is 18.5 Å². The number of halogens is 3. The van der Waals surface area contributed by atoms with E-state index in [9.17, 15) is 18.0 Å². The number of carboxylic acid groups (broad SMARTS) is 1. The van der Waals surface area contributed by atoms with E-state index in [4.69, 9.17) is 15.6 Å². The third-order valence-electron chi connectivity index (χ3n) is 5.86. The molecular weight excluding hydrogens is 483 g/mol. The summed E-state index contributed by atoms with van der Waals surface area (Å²) in [7, 11) is 0. The molecular formula is C23H30F3N5O3S. The summed E-state index contributed by atoms with van der Waals surface area (Å²) >= 11 is 1.68. The van der Waals surface area contributed by atoms with Gasteiger partial charge in [0.15, 0.2) is 0 Å². The summed E-state index contributed by atoms with van der Waals surface area (Å²) in [6, 6.07) is 8.27. The number of benzene rings is 1. The van der Waals surface area contributed by atoms with Crippen molar-refractivity contribution in [3.63, 3.8) is 0 Å². The third kappa shape index (κ3) is 7.14. The molecule has 0 bridgehead atoms. The number of carbonyl (C=O) groups is 2. The molecule has 1 saturated carbocycles. The monoisotopic (exact) mass is 513 g/mol. The van der Waals surface area contributed by atoms with E-state index >= 15 is 0 Å². The highest BCUT2D eigenvalue weighted by Crippen LogP contribution is 2.39. The molecule has 0 unspecified atom stereocenters. The van der Waals surface area contributed by atoms with E-state index in [0.29, 0.717) is 5.82 Å². The summed E-state index contributed by atoms with van der Waals surface area (Å²) in [5.41, 5.74) is 8.29. The number of aliphatic carboxylic acids is 1. The Morgan fingerprint density at radius 1 is 1.17 bits per heavy atom. The Morgan fingerprint density at radius 2 is 1.77 bits per heavy atom. The van der Waals surface area contributed by atoms with Gasteiger partial charge in [-0.3, -0.25) is 9.52 Å². The summed E-state index contributed by atoms with van der Waals surface area (Å²) in [4.78, 5) is 31.3. The van der Waals surface area contributed by atoms with Crippen molar-refractivity contribution in [2.24, 2.45) is 5.92 Å². The fourth-order valence-corrected chi connectivity index (χ4v) is 4.44. The Morgan fingerprint density at radius 3 is 2.29 bits per heavy atom. The van der Waals surface area contributed by atoms with Crippen LogP contribution in [0.25, 0.3) is 10.9 Å². The van der Waals surface area contributed by atoms with Gasteiger partial charge in [-0.1, -0.05) is 13.8 Å². The Hall–Kier alpha value is -2.73. The number of carboxylic acids is 1. The Labute approximate surface area is 206 Å². The van der Waals surface area contributed by atoms with Crippen LogP contribution in [-0.2, 0) is 9.59 Å². The van der Waals surface area contributed by atoms with Gasteiger partial charge in [0.1, 0.15) is 5.82 Å². The number of hydrogen-bond donors (Lipinski definition) is 3. The zero-order valence-corrected chi connectivity index (χ0v) is 20.7. The zero-order chi connectivity index (χ0) is 26.0. The van der Waals surface area contributed by atoms with Gasteiger partial charge in [-0.2, -0.15) is 13.2 Å². The highest BCUT2D eigenvalue weighted by Gasteiger charge is 2.38. The van der Waals surface area contributed by atoms with Crippen molar-refractivity contribution in [3.8, 4) is 0 Å². The molecule has 4 rings (SSSR count). The van der Waals surface area contributed by atoms with Gasteiger partial charge < -0.3 is 20.6 Å². The number of alkyl halides is 3. The number of nitrogens with two attached hydrogens (primary N) is 1. The van der Waals surface area contributed by atoms with Crippen molar-refractivity contribution in [2.45, 2.75) is 50.2 Å². The van der Waals surface area contributed by atoms with Crippen LogP contribution in [0.3, 0.4) is 0 Å². The molecule has 2 fully saturated rings. The first-order valence-electron chi connectivity index (χ1n) is 11.3. The minimum Gasteiger partial charge on any atom is -0.475 e. The van der Waals surface area contributed by atoms with E-state index in [1.54, 1.807) is 11.9 Å². The maximum atomic E-state index is 12.3. The number of anilines is 2. The van der Waals surface area contributed by atoms with Crippen LogP contribution in [0, 0.1) is 5.92 Å². The molecule has 1 aliphatic heterocycles. The van der Waals surface area contributed by atoms with E-state index in [-0.39, 0.29) is 17.4 Å². The molecule has 1 aromatic carbocycles. The number of carbonyl (C=O) groups excluding carboxylic acids is 1. The summed E-state index contributed by atoms with van der Waals surface area (Å²) in [6.07, 6.45) is -2.64. The first-order valence-corrected chi connectivity index (χ1v) is 12.1. The SMILES string of the molecule is CC(C)C(=O)N1CCN(c2cc(SNC3(C)CC3)cc3nc(N)ccc23)CC1.O=C(O)C(F)(F)F. The smallest absolute Gasteiger partial charge is 0.475 e. The molecule has 12 heteroatoms. The van der Waals surface area contributed by atoms with Crippen molar-refractivity contribution >= 4 is 46.2 Å².